The molecule has 0 aromatic rings. The predicted octanol–water partition coefficient (Wildman–Crippen LogP) is 0.745. The van der Waals surface area contributed by atoms with Crippen LogP contribution >= 0.6 is 0 Å². The maximum Gasteiger partial charge on any atom is 0.247 e. The molecule has 0 N–H and O–H groups in total. The molecule has 1 heterocycles. The third kappa shape index (κ3) is 5.35. The minimum Gasteiger partial charge on any atom is -0.376 e. The molecule has 1 atom stereocenters. The van der Waals surface area contributed by atoms with Gasteiger partial charge in [0.2, 0.25) is 5.91 Å². The number of rotatable bonds is 6. The molecule has 0 bridgehead atoms. The van der Waals surface area contributed by atoms with Gasteiger partial charge in [-0.2, -0.15) is 0 Å². The van der Waals surface area contributed by atoms with Crippen LogP contribution in [0.15, 0.2) is 12.2 Å². The largest absolute Gasteiger partial charge is 0.376 e. The number of hydrogen-bond donors (Lipinski definition) is 0. The van der Waals surface area contributed by atoms with Crippen molar-refractivity contribution >= 4 is 5.91 Å². The fourth-order valence-corrected chi connectivity index (χ4v) is 1.85. The van der Waals surface area contributed by atoms with Crippen LogP contribution in [0, 0.1) is 12.3 Å². The van der Waals surface area contributed by atoms with Crippen LogP contribution in [0.3, 0.4) is 0 Å². The molecule has 0 saturated carbocycles. The van der Waals surface area contributed by atoms with Crippen LogP contribution in [0.2, 0.25) is 0 Å². The molecule has 1 saturated heterocycles. The number of amides is 1. The predicted molar refractivity (Wildman–Crippen MR) is 72.1 cm³/mol. The lowest BCUT2D eigenvalue weighted by Gasteiger charge is -2.22. The van der Waals surface area contributed by atoms with Crippen LogP contribution in [0.1, 0.15) is 12.8 Å². The number of hydrogen-bond acceptors (Lipinski definition) is 3. The van der Waals surface area contributed by atoms with Crippen molar-refractivity contribution in [2.45, 2.75) is 18.9 Å². The molecule has 1 unspecified atom stereocenters. The van der Waals surface area contributed by atoms with E-state index in [0.717, 1.165) is 26.0 Å². The Labute approximate surface area is 110 Å². The summed E-state index contributed by atoms with van der Waals surface area (Å²) in [6, 6.07) is 0. The first-order valence-electron chi connectivity index (χ1n) is 6.28. The highest BCUT2D eigenvalue weighted by Gasteiger charge is 2.20. The highest BCUT2D eigenvalue weighted by atomic mass is 16.5. The molecule has 4 heteroatoms. The second kappa shape index (κ2) is 7.91. The zero-order valence-electron chi connectivity index (χ0n) is 11.3. The number of terminal acetylenes is 1. The van der Waals surface area contributed by atoms with Crippen molar-refractivity contribution in [1.82, 2.24) is 9.80 Å². The Kier molecular flexibility index (Phi) is 6.48. The number of nitrogens with zero attached hydrogens (tertiary/aromatic N) is 2. The van der Waals surface area contributed by atoms with E-state index in [1.807, 2.05) is 25.1 Å². The van der Waals surface area contributed by atoms with Crippen molar-refractivity contribution in [2.75, 3.05) is 40.3 Å². The third-order valence-electron chi connectivity index (χ3n) is 2.77. The highest BCUT2D eigenvalue weighted by Crippen LogP contribution is 2.13. The molecule has 1 aliphatic rings. The molecule has 0 aromatic heterocycles. The minimum atomic E-state index is -0.0368. The van der Waals surface area contributed by atoms with E-state index in [2.05, 4.69) is 5.92 Å². The Hall–Kier alpha value is -1.31. The van der Waals surface area contributed by atoms with Crippen LogP contribution < -0.4 is 0 Å². The summed E-state index contributed by atoms with van der Waals surface area (Å²) in [5, 5.41) is 0. The van der Waals surface area contributed by atoms with Crippen LogP contribution in [0.4, 0.5) is 0 Å². The van der Waals surface area contributed by atoms with E-state index in [0.29, 0.717) is 13.1 Å². The standard InChI is InChI=1S/C14H22N2O2/c1-4-9-16(12-13-7-6-11-18-13)14(17)8-5-10-15(2)3/h1,5,8,13H,6-7,9-12H2,2-3H3/b8-5+. The topological polar surface area (TPSA) is 32.8 Å². The maximum absolute atomic E-state index is 12.0. The summed E-state index contributed by atoms with van der Waals surface area (Å²) < 4.78 is 5.53. The number of carbonyl (C=O) groups is 1. The summed E-state index contributed by atoms with van der Waals surface area (Å²) in [7, 11) is 3.92. The summed E-state index contributed by atoms with van der Waals surface area (Å²) in [4.78, 5) is 15.6. The number of ether oxygens (including phenoxy) is 1. The molecule has 0 radical (unpaired) electrons. The van der Waals surface area contributed by atoms with Crippen molar-refractivity contribution in [1.29, 1.82) is 0 Å². The second-order valence-electron chi connectivity index (χ2n) is 4.72. The molecule has 1 amide bonds. The van der Waals surface area contributed by atoms with Gasteiger partial charge in [0.25, 0.3) is 0 Å². The van der Waals surface area contributed by atoms with Gasteiger partial charge < -0.3 is 14.5 Å². The highest BCUT2D eigenvalue weighted by molar-refractivity contribution is 5.87. The van der Waals surface area contributed by atoms with Gasteiger partial charge in [-0.15, -0.1) is 6.42 Å². The summed E-state index contributed by atoms with van der Waals surface area (Å²) in [6.45, 7) is 2.47. The summed E-state index contributed by atoms with van der Waals surface area (Å²) in [5.74, 6) is 2.49. The molecule has 0 spiro atoms. The average molecular weight is 250 g/mol. The van der Waals surface area contributed by atoms with Gasteiger partial charge >= 0.3 is 0 Å². The molecule has 4 nitrogen and oxygen atoms in total. The van der Waals surface area contributed by atoms with E-state index in [1.54, 1.807) is 11.0 Å². The van der Waals surface area contributed by atoms with Gasteiger partial charge in [-0.05, 0) is 26.9 Å². The summed E-state index contributed by atoms with van der Waals surface area (Å²) in [6.07, 6.45) is 11.0. The Balaban J connectivity index is 2.46. The Bertz CT molecular complexity index is 325. The zero-order chi connectivity index (χ0) is 13.4. The molecular formula is C14H22N2O2. The first kappa shape index (κ1) is 14.7. The van der Waals surface area contributed by atoms with Gasteiger partial charge in [-0.3, -0.25) is 4.79 Å². The normalized spacial score (nSPS) is 19.3. The van der Waals surface area contributed by atoms with Crippen LogP contribution in [-0.4, -0.2) is 62.1 Å². The lowest BCUT2D eigenvalue weighted by Crippen LogP contribution is -2.36. The SMILES string of the molecule is C#CCN(CC1CCCO1)C(=O)/C=C/CN(C)C. The van der Waals surface area contributed by atoms with Crippen molar-refractivity contribution in [2.24, 2.45) is 0 Å². The molecule has 0 aromatic carbocycles. The van der Waals surface area contributed by atoms with E-state index >= 15 is 0 Å². The van der Waals surface area contributed by atoms with Crippen molar-refractivity contribution in [3.05, 3.63) is 12.2 Å². The van der Waals surface area contributed by atoms with Crippen molar-refractivity contribution in [3.8, 4) is 12.3 Å². The quantitative estimate of drug-likeness (QED) is 0.515. The Morgan fingerprint density at radius 3 is 2.89 bits per heavy atom. The first-order chi connectivity index (χ1) is 8.63. The third-order valence-corrected chi connectivity index (χ3v) is 2.77. The Morgan fingerprint density at radius 1 is 1.56 bits per heavy atom. The molecule has 0 aliphatic carbocycles. The van der Waals surface area contributed by atoms with Gasteiger partial charge in [0.1, 0.15) is 0 Å². The Morgan fingerprint density at radius 2 is 2.33 bits per heavy atom. The van der Waals surface area contributed by atoms with E-state index in [4.69, 9.17) is 11.2 Å². The minimum absolute atomic E-state index is 0.0368. The van der Waals surface area contributed by atoms with Gasteiger partial charge in [-0.25, -0.2) is 0 Å². The van der Waals surface area contributed by atoms with E-state index in [-0.39, 0.29) is 12.0 Å². The molecule has 1 rings (SSSR count). The zero-order valence-corrected chi connectivity index (χ0v) is 11.3. The number of likely N-dealkylation sites (N-methyl/N-ethyl adjacent to an activating group) is 1. The lowest BCUT2D eigenvalue weighted by atomic mass is 10.2. The fourth-order valence-electron chi connectivity index (χ4n) is 1.85. The van der Waals surface area contributed by atoms with Crippen molar-refractivity contribution < 1.29 is 9.53 Å². The molecule has 1 aliphatic heterocycles. The molecular weight excluding hydrogens is 228 g/mol. The van der Waals surface area contributed by atoms with Gasteiger partial charge in [-0.1, -0.05) is 12.0 Å². The van der Waals surface area contributed by atoms with Gasteiger partial charge in [0.05, 0.1) is 12.6 Å². The summed E-state index contributed by atoms with van der Waals surface area (Å²) in [5.41, 5.74) is 0. The fraction of sp³-hybridized carbons (Fsp3) is 0.643. The molecule has 1 fully saturated rings. The van der Waals surface area contributed by atoms with Crippen LogP contribution in [0.5, 0.6) is 0 Å². The van der Waals surface area contributed by atoms with Crippen molar-refractivity contribution in [3.63, 3.8) is 0 Å². The number of carbonyl (C=O) groups excluding carboxylic acids is 1. The second-order valence-corrected chi connectivity index (χ2v) is 4.72. The first-order valence-corrected chi connectivity index (χ1v) is 6.28. The maximum atomic E-state index is 12.0. The summed E-state index contributed by atoms with van der Waals surface area (Å²) >= 11 is 0. The van der Waals surface area contributed by atoms with E-state index in [9.17, 15) is 4.79 Å². The monoisotopic (exact) mass is 250 g/mol. The van der Waals surface area contributed by atoms with E-state index in [1.165, 1.54) is 0 Å². The van der Waals surface area contributed by atoms with Gasteiger partial charge in [0.15, 0.2) is 0 Å². The average Bonchev–Trinajstić information content (AvgIpc) is 2.80. The van der Waals surface area contributed by atoms with Gasteiger partial charge in [0, 0.05) is 25.8 Å². The van der Waals surface area contributed by atoms with E-state index < -0.39 is 0 Å². The lowest BCUT2D eigenvalue weighted by molar-refractivity contribution is -0.126. The smallest absolute Gasteiger partial charge is 0.247 e. The molecule has 100 valence electrons. The van der Waals surface area contributed by atoms with Crippen LogP contribution in [-0.2, 0) is 9.53 Å². The van der Waals surface area contributed by atoms with Crippen LogP contribution in [0.25, 0.3) is 0 Å². The molecule has 18 heavy (non-hydrogen) atoms.